The molecule has 0 aliphatic heterocycles. The summed E-state index contributed by atoms with van der Waals surface area (Å²) < 4.78 is 34.6. The van der Waals surface area contributed by atoms with Crippen molar-refractivity contribution in [2.24, 2.45) is 5.73 Å². The van der Waals surface area contributed by atoms with Crippen LogP contribution in [0.25, 0.3) is 0 Å². The third-order valence-electron chi connectivity index (χ3n) is 1.02. The first-order valence-corrected chi connectivity index (χ1v) is 3.43. The van der Waals surface area contributed by atoms with Crippen molar-refractivity contribution < 1.29 is 18.0 Å². The van der Waals surface area contributed by atoms with Crippen LogP contribution >= 0.6 is 12.4 Å². The van der Waals surface area contributed by atoms with Crippen LogP contribution in [0.2, 0.25) is 0 Å². The topological polar surface area (TPSA) is 55.1 Å². The number of nitrogens with one attached hydrogen (secondary N) is 1. The molecule has 0 spiro atoms. The molecule has 7 heteroatoms. The van der Waals surface area contributed by atoms with E-state index in [-0.39, 0.29) is 12.4 Å². The van der Waals surface area contributed by atoms with Gasteiger partial charge >= 0.3 is 6.18 Å². The van der Waals surface area contributed by atoms with E-state index >= 15 is 0 Å². The number of rotatable bonds is 3. The van der Waals surface area contributed by atoms with Gasteiger partial charge in [-0.05, 0) is 6.92 Å². The van der Waals surface area contributed by atoms with Gasteiger partial charge in [0.2, 0.25) is 5.91 Å². The van der Waals surface area contributed by atoms with Crippen molar-refractivity contribution in [2.75, 3.05) is 0 Å². The molecule has 0 saturated carbocycles. The molecule has 0 radical (unpaired) electrons. The van der Waals surface area contributed by atoms with Crippen molar-refractivity contribution in [1.82, 2.24) is 5.32 Å². The summed E-state index contributed by atoms with van der Waals surface area (Å²) in [6.07, 6.45) is -6.56. The SMILES string of the molecule is C[C@@H](N)NC(=O)CCC(F)(F)F.Cl. The van der Waals surface area contributed by atoms with Crippen molar-refractivity contribution in [3.8, 4) is 0 Å². The number of amides is 1. The van der Waals surface area contributed by atoms with E-state index in [4.69, 9.17) is 5.73 Å². The number of nitrogens with two attached hydrogens (primary N) is 1. The van der Waals surface area contributed by atoms with Gasteiger partial charge in [-0.3, -0.25) is 4.79 Å². The predicted molar refractivity (Wildman–Crippen MR) is 44.3 cm³/mol. The van der Waals surface area contributed by atoms with Crippen LogP contribution in [0.5, 0.6) is 0 Å². The standard InChI is InChI=1S/C6H11F3N2O.ClH/c1-4(10)11-5(12)2-3-6(7,8)9;/h4H,2-3,10H2,1H3,(H,11,12);1H/t4-;/m0./s1. The number of hydrogen-bond donors (Lipinski definition) is 2. The molecule has 13 heavy (non-hydrogen) atoms. The first-order chi connectivity index (χ1) is 5.31. The molecular formula is C6H12ClF3N2O. The third kappa shape index (κ3) is 11.5. The zero-order valence-corrected chi connectivity index (χ0v) is 7.84. The van der Waals surface area contributed by atoms with E-state index in [0.717, 1.165) is 0 Å². The van der Waals surface area contributed by atoms with E-state index in [2.05, 4.69) is 5.32 Å². The van der Waals surface area contributed by atoms with Crippen LogP contribution in [0.3, 0.4) is 0 Å². The molecule has 0 aromatic rings. The summed E-state index contributed by atoms with van der Waals surface area (Å²) in [6.45, 7) is 1.48. The van der Waals surface area contributed by atoms with Crippen molar-refractivity contribution in [3.05, 3.63) is 0 Å². The van der Waals surface area contributed by atoms with Gasteiger partial charge < -0.3 is 11.1 Å². The van der Waals surface area contributed by atoms with Crippen LogP contribution in [0, 0.1) is 0 Å². The molecule has 0 heterocycles. The largest absolute Gasteiger partial charge is 0.389 e. The predicted octanol–water partition coefficient (Wildman–Crippen LogP) is 1.17. The summed E-state index contributed by atoms with van der Waals surface area (Å²) in [7, 11) is 0. The highest BCUT2D eigenvalue weighted by Gasteiger charge is 2.27. The molecule has 1 amide bonds. The van der Waals surface area contributed by atoms with Gasteiger partial charge in [-0.25, -0.2) is 0 Å². The Morgan fingerprint density at radius 3 is 2.31 bits per heavy atom. The maximum absolute atomic E-state index is 11.5. The van der Waals surface area contributed by atoms with Crippen LogP contribution in [0.1, 0.15) is 19.8 Å². The molecule has 0 aliphatic carbocycles. The Kier molecular flexibility index (Phi) is 6.97. The highest BCUT2D eigenvalue weighted by atomic mass is 35.5. The number of carbonyl (C=O) groups excluding carboxylic acids is 1. The smallest absolute Gasteiger partial charge is 0.341 e. The molecule has 0 bridgehead atoms. The Balaban J connectivity index is 0. The molecule has 1 atom stereocenters. The van der Waals surface area contributed by atoms with E-state index in [1.807, 2.05) is 0 Å². The fraction of sp³-hybridized carbons (Fsp3) is 0.833. The summed E-state index contributed by atoms with van der Waals surface area (Å²) in [4.78, 5) is 10.6. The molecule has 0 unspecified atom stereocenters. The molecular weight excluding hydrogens is 209 g/mol. The van der Waals surface area contributed by atoms with E-state index in [9.17, 15) is 18.0 Å². The Bertz CT molecular complexity index is 160. The lowest BCUT2D eigenvalue weighted by Gasteiger charge is -2.09. The minimum absolute atomic E-state index is 0. The number of carbonyl (C=O) groups is 1. The molecule has 0 aromatic heterocycles. The normalized spacial score (nSPS) is 13.0. The molecule has 0 aliphatic rings. The van der Waals surface area contributed by atoms with Crippen molar-refractivity contribution in [2.45, 2.75) is 32.1 Å². The minimum atomic E-state index is -4.28. The second kappa shape index (κ2) is 6.04. The van der Waals surface area contributed by atoms with Crippen LogP contribution in [-0.4, -0.2) is 18.2 Å². The van der Waals surface area contributed by atoms with Crippen molar-refractivity contribution >= 4 is 18.3 Å². The lowest BCUT2D eigenvalue weighted by molar-refractivity contribution is -0.144. The quantitative estimate of drug-likeness (QED) is 0.702. The zero-order chi connectivity index (χ0) is 9.78. The van der Waals surface area contributed by atoms with Gasteiger partial charge in [-0.2, -0.15) is 13.2 Å². The van der Waals surface area contributed by atoms with E-state index in [1.165, 1.54) is 6.92 Å². The van der Waals surface area contributed by atoms with Gasteiger partial charge in [0.05, 0.1) is 12.6 Å². The number of hydrogen-bond acceptors (Lipinski definition) is 2. The van der Waals surface area contributed by atoms with Gasteiger partial charge in [0.25, 0.3) is 0 Å². The summed E-state index contributed by atoms with van der Waals surface area (Å²) >= 11 is 0. The molecule has 0 saturated heterocycles. The molecule has 0 fully saturated rings. The average molecular weight is 221 g/mol. The third-order valence-corrected chi connectivity index (χ3v) is 1.02. The molecule has 0 aromatic carbocycles. The summed E-state index contributed by atoms with van der Waals surface area (Å²) in [5.41, 5.74) is 5.12. The zero-order valence-electron chi connectivity index (χ0n) is 7.02. The second-order valence-corrected chi connectivity index (χ2v) is 2.47. The van der Waals surface area contributed by atoms with E-state index in [1.54, 1.807) is 0 Å². The lowest BCUT2D eigenvalue weighted by atomic mass is 10.3. The van der Waals surface area contributed by atoms with Crippen LogP contribution < -0.4 is 11.1 Å². The maximum Gasteiger partial charge on any atom is 0.389 e. The molecule has 0 rings (SSSR count). The fourth-order valence-corrected chi connectivity index (χ4v) is 0.581. The van der Waals surface area contributed by atoms with Crippen molar-refractivity contribution in [3.63, 3.8) is 0 Å². The highest BCUT2D eigenvalue weighted by molar-refractivity contribution is 5.85. The summed E-state index contributed by atoms with van der Waals surface area (Å²) in [5, 5.41) is 2.15. The Labute approximate surface area is 80.3 Å². The Morgan fingerprint density at radius 1 is 1.54 bits per heavy atom. The van der Waals surface area contributed by atoms with Crippen LogP contribution in [-0.2, 0) is 4.79 Å². The molecule has 80 valence electrons. The summed E-state index contributed by atoms with van der Waals surface area (Å²) in [5.74, 6) is -0.678. The maximum atomic E-state index is 11.5. The highest BCUT2D eigenvalue weighted by Crippen LogP contribution is 2.20. The minimum Gasteiger partial charge on any atom is -0.341 e. The van der Waals surface area contributed by atoms with Crippen LogP contribution in [0.4, 0.5) is 13.2 Å². The second-order valence-electron chi connectivity index (χ2n) is 2.47. The van der Waals surface area contributed by atoms with Gasteiger partial charge in [0.1, 0.15) is 0 Å². The Hall–Kier alpha value is -0.490. The monoisotopic (exact) mass is 220 g/mol. The first-order valence-electron chi connectivity index (χ1n) is 3.43. The summed E-state index contributed by atoms with van der Waals surface area (Å²) in [6, 6.07) is 0. The van der Waals surface area contributed by atoms with Gasteiger partial charge in [-0.15, -0.1) is 12.4 Å². The van der Waals surface area contributed by atoms with Gasteiger partial charge in [0.15, 0.2) is 0 Å². The van der Waals surface area contributed by atoms with Gasteiger partial charge in [-0.1, -0.05) is 0 Å². The Morgan fingerprint density at radius 2 is 2.00 bits per heavy atom. The number of alkyl halides is 3. The number of halogens is 4. The first kappa shape index (κ1) is 15.0. The van der Waals surface area contributed by atoms with E-state index in [0.29, 0.717) is 0 Å². The average Bonchev–Trinajstić information content (AvgIpc) is 1.80. The van der Waals surface area contributed by atoms with Crippen LogP contribution in [0.15, 0.2) is 0 Å². The fourth-order valence-electron chi connectivity index (χ4n) is 0.581. The molecule has 3 nitrogen and oxygen atoms in total. The van der Waals surface area contributed by atoms with Crippen molar-refractivity contribution in [1.29, 1.82) is 0 Å². The molecule has 3 N–H and O–H groups in total. The lowest BCUT2D eigenvalue weighted by Crippen LogP contribution is -2.39. The van der Waals surface area contributed by atoms with Gasteiger partial charge in [0, 0.05) is 6.42 Å². The van der Waals surface area contributed by atoms with E-state index < -0.39 is 31.1 Å².